The topological polar surface area (TPSA) is 46.2 Å². The van der Waals surface area contributed by atoms with Crippen molar-refractivity contribution in [2.75, 3.05) is 18.6 Å². The molecule has 0 saturated heterocycles. The maximum atomic E-state index is 11.0. The minimum atomic E-state index is -2.88. The van der Waals surface area contributed by atoms with Crippen LogP contribution in [0.4, 0.5) is 0 Å². The van der Waals surface area contributed by atoms with Crippen LogP contribution in [0.25, 0.3) is 11.1 Å². The Morgan fingerprint density at radius 2 is 1.50 bits per heavy atom. The lowest BCUT2D eigenvalue weighted by Gasteiger charge is -2.06. The first-order valence-electron chi connectivity index (χ1n) is 6.57. The Labute approximate surface area is 120 Å². The second-order valence-electron chi connectivity index (χ2n) is 4.87. The number of hydrogen-bond donors (Lipinski definition) is 1. The fraction of sp³-hybridized carbons (Fsp3) is 0.250. The predicted molar refractivity (Wildman–Crippen MR) is 83.3 cm³/mol. The molecule has 0 saturated carbocycles. The molecule has 0 heterocycles. The molecule has 0 bridgehead atoms. The normalized spacial score (nSPS) is 11.4. The molecule has 0 spiro atoms. The van der Waals surface area contributed by atoms with E-state index in [0.29, 0.717) is 13.1 Å². The van der Waals surface area contributed by atoms with Gasteiger partial charge >= 0.3 is 0 Å². The van der Waals surface area contributed by atoms with E-state index in [1.54, 1.807) is 0 Å². The third-order valence-electron chi connectivity index (χ3n) is 3.04. The number of nitrogens with one attached hydrogen (secondary N) is 1. The first-order valence-corrected chi connectivity index (χ1v) is 8.63. The third-order valence-corrected chi connectivity index (χ3v) is 3.99. The first kappa shape index (κ1) is 14.8. The lowest BCUT2D eigenvalue weighted by molar-refractivity contribution is 0.596. The standard InChI is InChI=1S/C16H19NO2S/c1-20(18,19)12-11-17-13-14-7-9-16(10-8-14)15-5-3-2-4-6-15/h2-10,17H,11-13H2,1H3. The van der Waals surface area contributed by atoms with Crippen molar-refractivity contribution in [1.82, 2.24) is 5.32 Å². The van der Waals surface area contributed by atoms with Gasteiger partial charge in [-0.1, -0.05) is 54.6 Å². The second-order valence-corrected chi connectivity index (χ2v) is 7.13. The fourth-order valence-electron chi connectivity index (χ4n) is 1.94. The van der Waals surface area contributed by atoms with Gasteiger partial charge in [0, 0.05) is 19.3 Å². The molecule has 0 unspecified atom stereocenters. The summed E-state index contributed by atoms with van der Waals surface area (Å²) in [6.07, 6.45) is 1.25. The van der Waals surface area contributed by atoms with E-state index in [2.05, 4.69) is 41.7 Å². The van der Waals surface area contributed by atoms with Gasteiger partial charge in [0.15, 0.2) is 0 Å². The van der Waals surface area contributed by atoms with Crippen LogP contribution < -0.4 is 5.32 Å². The van der Waals surface area contributed by atoms with Crippen LogP contribution in [0.5, 0.6) is 0 Å². The van der Waals surface area contributed by atoms with Gasteiger partial charge in [-0.15, -0.1) is 0 Å². The Kier molecular flexibility index (Phi) is 4.93. The van der Waals surface area contributed by atoms with E-state index in [4.69, 9.17) is 0 Å². The van der Waals surface area contributed by atoms with Crippen molar-refractivity contribution < 1.29 is 8.42 Å². The van der Waals surface area contributed by atoms with Gasteiger partial charge in [-0.05, 0) is 16.7 Å². The van der Waals surface area contributed by atoms with Gasteiger partial charge in [0.2, 0.25) is 0 Å². The molecule has 0 amide bonds. The Balaban J connectivity index is 1.89. The summed E-state index contributed by atoms with van der Waals surface area (Å²) < 4.78 is 22.0. The zero-order chi connectivity index (χ0) is 14.4. The van der Waals surface area contributed by atoms with E-state index >= 15 is 0 Å². The molecule has 0 aliphatic heterocycles. The van der Waals surface area contributed by atoms with Crippen LogP contribution in [-0.2, 0) is 16.4 Å². The predicted octanol–water partition coefficient (Wildman–Crippen LogP) is 2.49. The molecule has 0 aliphatic rings. The highest BCUT2D eigenvalue weighted by molar-refractivity contribution is 7.90. The molecule has 2 aromatic carbocycles. The van der Waals surface area contributed by atoms with E-state index in [1.165, 1.54) is 17.4 Å². The fourth-order valence-corrected chi connectivity index (χ4v) is 2.45. The monoisotopic (exact) mass is 289 g/mol. The van der Waals surface area contributed by atoms with Gasteiger partial charge in [0.25, 0.3) is 0 Å². The molecule has 0 atom stereocenters. The summed E-state index contributed by atoms with van der Waals surface area (Å²) in [6.45, 7) is 1.17. The summed E-state index contributed by atoms with van der Waals surface area (Å²) in [6, 6.07) is 18.5. The number of rotatable bonds is 6. The van der Waals surface area contributed by atoms with Crippen molar-refractivity contribution in [3.8, 4) is 11.1 Å². The van der Waals surface area contributed by atoms with Gasteiger partial charge < -0.3 is 5.32 Å². The van der Waals surface area contributed by atoms with Gasteiger partial charge in [-0.25, -0.2) is 8.42 Å². The largest absolute Gasteiger partial charge is 0.312 e. The van der Waals surface area contributed by atoms with E-state index in [9.17, 15) is 8.42 Å². The molecule has 0 aliphatic carbocycles. The van der Waals surface area contributed by atoms with Crippen molar-refractivity contribution in [1.29, 1.82) is 0 Å². The quantitative estimate of drug-likeness (QED) is 0.831. The molecule has 106 valence electrons. The highest BCUT2D eigenvalue weighted by Crippen LogP contribution is 2.19. The van der Waals surface area contributed by atoms with Crippen LogP contribution in [0.15, 0.2) is 54.6 Å². The first-order chi connectivity index (χ1) is 9.54. The minimum absolute atomic E-state index is 0.176. The van der Waals surface area contributed by atoms with Crippen LogP contribution in [0, 0.1) is 0 Å². The van der Waals surface area contributed by atoms with Crippen LogP contribution in [-0.4, -0.2) is 27.0 Å². The lowest BCUT2D eigenvalue weighted by Crippen LogP contribution is -2.21. The number of sulfone groups is 1. The van der Waals surface area contributed by atoms with Crippen molar-refractivity contribution in [2.24, 2.45) is 0 Å². The zero-order valence-corrected chi connectivity index (χ0v) is 12.4. The molecule has 0 radical (unpaired) electrons. The van der Waals surface area contributed by atoms with E-state index in [1.807, 2.05) is 18.2 Å². The highest BCUT2D eigenvalue weighted by Gasteiger charge is 2.01. The van der Waals surface area contributed by atoms with Gasteiger partial charge in [0.1, 0.15) is 9.84 Å². The van der Waals surface area contributed by atoms with E-state index < -0.39 is 9.84 Å². The Morgan fingerprint density at radius 1 is 0.900 bits per heavy atom. The molecule has 1 N–H and O–H groups in total. The minimum Gasteiger partial charge on any atom is -0.312 e. The zero-order valence-electron chi connectivity index (χ0n) is 11.5. The van der Waals surface area contributed by atoms with E-state index in [-0.39, 0.29) is 5.75 Å². The molecule has 4 heteroatoms. The van der Waals surface area contributed by atoms with Crippen molar-refractivity contribution in [3.63, 3.8) is 0 Å². The lowest BCUT2D eigenvalue weighted by atomic mass is 10.0. The van der Waals surface area contributed by atoms with Gasteiger partial charge in [-0.3, -0.25) is 0 Å². The van der Waals surface area contributed by atoms with E-state index in [0.717, 1.165) is 5.56 Å². The van der Waals surface area contributed by atoms with Gasteiger partial charge in [0.05, 0.1) is 5.75 Å². The summed E-state index contributed by atoms with van der Waals surface area (Å²) >= 11 is 0. The van der Waals surface area contributed by atoms with Crippen LogP contribution >= 0.6 is 0 Å². The molecule has 0 aromatic heterocycles. The SMILES string of the molecule is CS(=O)(=O)CCNCc1ccc(-c2ccccc2)cc1. The van der Waals surface area contributed by atoms with Gasteiger partial charge in [-0.2, -0.15) is 0 Å². The smallest absolute Gasteiger partial charge is 0.148 e. The summed E-state index contributed by atoms with van der Waals surface area (Å²) in [5.74, 6) is 0.176. The molecular weight excluding hydrogens is 270 g/mol. The third kappa shape index (κ3) is 4.79. The maximum absolute atomic E-state index is 11.0. The van der Waals surface area contributed by atoms with Crippen LogP contribution in [0.2, 0.25) is 0 Å². The van der Waals surface area contributed by atoms with Crippen molar-refractivity contribution in [3.05, 3.63) is 60.2 Å². The summed E-state index contributed by atoms with van der Waals surface area (Å²) in [4.78, 5) is 0. The number of hydrogen-bond acceptors (Lipinski definition) is 3. The Hall–Kier alpha value is -1.65. The van der Waals surface area contributed by atoms with Crippen LogP contribution in [0.1, 0.15) is 5.56 Å². The second kappa shape index (κ2) is 6.68. The van der Waals surface area contributed by atoms with Crippen molar-refractivity contribution in [2.45, 2.75) is 6.54 Å². The summed E-state index contributed by atoms with van der Waals surface area (Å²) in [7, 11) is -2.88. The van der Waals surface area contributed by atoms with Crippen molar-refractivity contribution >= 4 is 9.84 Å². The highest BCUT2D eigenvalue weighted by atomic mass is 32.2. The molecule has 0 fully saturated rings. The maximum Gasteiger partial charge on any atom is 0.148 e. The molecule has 2 aromatic rings. The summed E-state index contributed by atoms with van der Waals surface area (Å²) in [5, 5.41) is 3.14. The molecule has 3 nitrogen and oxygen atoms in total. The summed E-state index contributed by atoms with van der Waals surface area (Å²) in [5.41, 5.74) is 3.53. The molecule has 20 heavy (non-hydrogen) atoms. The van der Waals surface area contributed by atoms with Crippen LogP contribution in [0.3, 0.4) is 0 Å². The molecule has 2 rings (SSSR count). The average Bonchev–Trinajstić information content (AvgIpc) is 2.44. The number of benzene rings is 2. The Morgan fingerprint density at radius 3 is 2.10 bits per heavy atom. The molecular formula is C16H19NO2S. The Bertz CT molecular complexity index is 634. The average molecular weight is 289 g/mol.